The molecule has 1 heterocycles. The molecule has 1 aromatic heterocycles. The van der Waals surface area contributed by atoms with E-state index in [0.29, 0.717) is 28.7 Å². The molecule has 2 unspecified atom stereocenters. The first kappa shape index (κ1) is 16.2. The van der Waals surface area contributed by atoms with E-state index in [0.717, 1.165) is 42.0 Å². The van der Waals surface area contributed by atoms with E-state index >= 15 is 0 Å². The predicted octanol–water partition coefficient (Wildman–Crippen LogP) is 4.58. The van der Waals surface area contributed by atoms with Gasteiger partial charge in [-0.3, -0.25) is 0 Å². The van der Waals surface area contributed by atoms with E-state index in [1.165, 1.54) is 0 Å². The van der Waals surface area contributed by atoms with Crippen LogP contribution in [0.25, 0.3) is 5.57 Å². The number of aryl methyl sites for hydroxylation is 1. The van der Waals surface area contributed by atoms with Gasteiger partial charge in [-0.15, -0.1) is 0 Å². The van der Waals surface area contributed by atoms with Crippen LogP contribution >= 0.6 is 15.9 Å². The van der Waals surface area contributed by atoms with Gasteiger partial charge in [0.15, 0.2) is 5.76 Å². The summed E-state index contributed by atoms with van der Waals surface area (Å²) in [6, 6.07) is 2.08. The van der Waals surface area contributed by atoms with Crippen LogP contribution in [0.2, 0.25) is 0 Å². The van der Waals surface area contributed by atoms with Gasteiger partial charge in [0.05, 0.1) is 18.5 Å². The molecule has 0 fully saturated rings. The number of rotatable bonds is 3. The molecule has 0 saturated heterocycles. The summed E-state index contributed by atoms with van der Waals surface area (Å²) in [6.07, 6.45) is 9.87. The molecule has 3 rings (SSSR count). The third-order valence-corrected chi connectivity index (χ3v) is 5.08. The second-order valence-corrected chi connectivity index (χ2v) is 7.17. The van der Waals surface area contributed by atoms with Crippen LogP contribution < -0.4 is 0 Å². The zero-order chi connectivity index (χ0) is 16.4. The van der Waals surface area contributed by atoms with Crippen LogP contribution in [-0.2, 0) is 4.74 Å². The first-order valence-electron chi connectivity index (χ1n) is 7.92. The van der Waals surface area contributed by atoms with Crippen molar-refractivity contribution in [1.82, 2.24) is 9.97 Å². The highest BCUT2D eigenvalue weighted by Crippen LogP contribution is 2.33. The lowest BCUT2D eigenvalue weighted by Crippen LogP contribution is -2.10. The Labute approximate surface area is 145 Å². The van der Waals surface area contributed by atoms with Gasteiger partial charge in [-0.05, 0) is 43.9 Å². The van der Waals surface area contributed by atoms with Gasteiger partial charge in [0.1, 0.15) is 11.6 Å². The van der Waals surface area contributed by atoms with Gasteiger partial charge in [-0.2, -0.15) is 0 Å². The quantitative estimate of drug-likeness (QED) is 0.619. The Morgan fingerprint density at radius 2 is 2.04 bits per heavy atom. The lowest BCUT2D eigenvalue weighted by molar-refractivity contribution is 0.259. The number of nitrogens with zero attached hydrogens (tertiary/aromatic N) is 2. The summed E-state index contributed by atoms with van der Waals surface area (Å²) in [6.45, 7) is 1.93. The standard InChI is InChI=1S/C18H21BrN2O2/c1-11-20-15(12-3-6-14(19)7-4-12)10-16(21-11)13-5-8-17(22)18(9-13)23-2/h3,6,9-10,12,14,22H,4-5,7-8H2,1-2H3. The average Bonchev–Trinajstić information content (AvgIpc) is 2.55. The van der Waals surface area contributed by atoms with E-state index in [1.807, 2.05) is 13.0 Å². The third-order valence-electron chi connectivity index (χ3n) is 4.31. The number of hydrogen-bond acceptors (Lipinski definition) is 4. The fourth-order valence-corrected chi connectivity index (χ4v) is 3.49. The number of aliphatic hydroxyl groups excluding tert-OH is 1. The maximum absolute atomic E-state index is 9.84. The maximum Gasteiger partial charge on any atom is 0.156 e. The number of methoxy groups -OCH3 is 1. The van der Waals surface area contributed by atoms with Gasteiger partial charge in [-0.25, -0.2) is 9.97 Å². The lowest BCUT2D eigenvalue weighted by atomic mass is 9.91. The van der Waals surface area contributed by atoms with Crippen LogP contribution in [0.5, 0.6) is 0 Å². The predicted molar refractivity (Wildman–Crippen MR) is 94.5 cm³/mol. The first-order chi connectivity index (χ1) is 11.1. The number of aliphatic hydroxyl groups is 1. The molecule has 122 valence electrons. The maximum atomic E-state index is 9.84. The number of alkyl halides is 1. The van der Waals surface area contributed by atoms with Crippen molar-refractivity contribution in [3.8, 4) is 0 Å². The zero-order valence-electron chi connectivity index (χ0n) is 13.4. The number of hydrogen-bond donors (Lipinski definition) is 1. The van der Waals surface area contributed by atoms with Crippen molar-refractivity contribution in [1.29, 1.82) is 0 Å². The Kier molecular flexibility index (Phi) is 4.85. The zero-order valence-corrected chi connectivity index (χ0v) is 15.0. The third kappa shape index (κ3) is 3.66. The average molecular weight is 377 g/mol. The molecule has 23 heavy (non-hydrogen) atoms. The van der Waals surface area contributed by atoms with Crippen LogP contribution in [0.3, 0.4) is 0 Å². The van der Waals surface area contributed by atoms with Crippen LogP contribution in [0.1, 0.15) is 48.8 Å². The van der Waals surface area contributed by atoms with Crippen molar-refractivity contribution < 1.29 is 9.84 Å². The monoisotopic (exact) mass is 376 g/mol. The van der Waals surface area contributed by atoms with Crippen molar-refractivity contribution in [3.63, 3.8) is 0 Å². The molecule has 0 aromatic carbocycles. The molecule has 1 N–H and O–H groups in total. The molecular weight excluding hydrogens is 356 g/mol. The fourth-order valence-electron chi connectivity index (χ4n) is 3.05. The van der Waals surface area contributed by atoms with Crippen molar-refractivity contribution in [2.45, 2.75) is 43.4 Å². The number of aromatic nitrogens is 2. The number of halogens is 1. The van der Waals surface area contributed by atoms with E-state index in [1.54, 1.807) is 7.11 Å². The van der Waals surface area contributed by atoms with Gasteiger partial charge in [0.25, 0.3) is 0 Å². The SMILES string of the molecule is COC1=C(O)CCC(c2cc(C3C=CC(Br)CC3)nc(C)n2)=C1. The van der Waals surface area contributed by atoms with Crippen molar-refractivity contribution in [2.24, 2.45) is 0 Å². The molecule has 0 bridgehead atoms. The van der Waals surface area contributed by atoms with Crippen LogP contribution in [-0.4, -0.2) is 27.0 Å². The van der Waals surface area contributed by atoms with E-state index < -0.39 is 0 Å². The molecule has 2 aliphatic carbocycles. The Morgan fingerprint density at radius 1 is 1.22 bits per heavy atom. The Hall–Kier alpha value is -1.62. The number of ether oxygens (including phenoxy) is 1. The van der Waals surface area contributed by atoms with Crippen molar-refractivity contribution in [2.75, 3.05) is 7.11 Å². The topological polar surface area (TPSA) is 55.2 Å². The van der Waals surface area contributed by atoms with E-state index in [4.69, 9.17) is 4.74 Å². The van der Waals surface area contributed by atoms with E-state index in [2.05, 4.69) is 44.1 Å². The minimum atomic E-state index is 0.306. The second kappa shape index (κ2) is 6.87. The molecule has 2 atom stereocenters. The van der Waals surface area contributed by atoms with Crippen molar-refractivity contribution in [3.05, 3.63) is 53.0 Å². The summed E-state index contributed by atoms with van der Waals surface area (Å²) in [5.41, 5.74) is 3.09. The minimum absolute atomic E-state index is 0.306. The van der Waals surface area contributed by atoms with Crippen LogP contribution in [0.15, 0.2) is 35.8 Å². The summed E-state index contributed by atoms with van der Waals surface area (Å²) >= 11 is 3.63. The molecule has 0 aliphatic heterocycles. The van der Waals surface area contributed by atoms with Gasteiger partial charge >= 0.3 is 0 Å². The molecular formula is C18H21BrN2O2. The van der Waals surface area contributed by atoms with Crippen molar-refractivity contribution >= 4 is 21.5 Å². The summed E-state index contributed by atoms with van der Waals surface area (Å²) in [5, 5.41) is 9.84. The van der Waals surface area contributed by atoms with Gasteiger partial charge < -0.3 is 9.84 Å². The Bertz CT molecular complexity index is 694. The molecule has 2 aliphatic rings. The Balaban J connectivity index is 1.94. The molecule has 1 aromatic rings. The smallest absolute Gasteiger partial charge is 0.156 e. The molecule has 5 heteroatoms. The highest BCUT2D eigenvalue weighted by Gasteiger charge is 2.20. The highest BCUT2D eigenvalue weighted by molar-refractivity contribution is 9.09. The summed E-state index contributed by atoms with van der Waals surface area (Å²) in [4.78, 5) is 9.69. The molecule has 0 spiro atoms. The molecule has 0 radical (unpaired) electrons. The van der Waals surface area contributed by atoms with Gasteiger partial charge in [0.2, 0.25) is 0 Å². The lowest BCUT2D eigenvalue weighted by Gasteiger charge is -2.21. The second-order valence-electron chi connectivity index (χ2n) is 5.99. The van der Waals surface area contributed by atoms with Crippen LogP contribution in [0, 0.1) is 6.92 Å². The highest BCUT2D eigenvalue weighted by atomic mass is 79.9. The Morgan fingerprint density at radius 3 is 2.74 bits per heavy atom. The first-order valence-corrected chi connectivity index (χ1v) is 8.83. The minimum Gasteiger partial charge on any atom is -0.508 e. The van der Waals surface area contributed by atoms with Gasteiger partial charge in [-0.1, -0.05) is 28.1 Å². The van der Waals surface area contributed by atoms with Gasteiger partial charge in [0, 0.05) is 17.2 Å². The van der Waals surface area contributed by atoms with E-state index in [9.17, 15) is 5.11 Å². The molecule has 0 amide bonds. The molecule has 0 saturated carbocycles. The normalized spacial score (nSPS) is 24.6. The van der Waals surface area contributed by atoms with Crippen LogP contribution in [0.4, 0.5) is 0 Å². The fraction of sp³-hybridized carbons (Fsp3) is 0.444. The summed E-state index contributed by atoms with van der Waals surface area (Å²) in [5.74, 6) is 1.97. The largest absolute Gasteiger partial charge is 0.508 e. The van der Waals surface area contributed by atoms with E-state index in [-0.39, 0.29) is 0 Å². The number of allylic oxidation sites excluding steroid dienone is 5. The molecule has 4 nitrogen and oxygen atoms in total. The summed E-state index contributed by atoms with van der Waals surface area (Å²) < 4.78 is 5.24. The summed E-state index contributed by atoms with van der Waals surface area (Å²) in [7, 11) is 1.57.